The van der Waals surface area contributed by atoms with Gasteiger partial charge in [0.2, 0.25) is 0 Å². The first kappa shape index (κ1) is 32.2. The fraction of sp³-hybridized carbons (Fsp3) is 0.190. The van der Waals surface area contributed by atoms with Gasteiger partial charge in [0, 0.05) is 32.5 Å². The van der Waals surface area contributed by atoms with Crippen LogP contribution in [0.25, 0.3) is 54.8 Å². The third-order valence-corrected chi connectivity index (χ3v) is 8.19. The Morgan fingerprint density at radius 2 is 0.933 bits per heavy atom. The number of pyridine rings is 2. The molecule has 227 valence electrons. The molecule has 0 fully saturated rings. The van der Waals surface area contributed by atoms with Crippen LogP contribution in [0, 0.1) is 12.1 Å². The zero-order valence-corrected chi connectivity index (χ0v) is 29.2. The van der Waals surface area contributed by atoms with Gasteiger partial charge in [0.05, 0.1) is 0 Å². The monoisotopic (exact) mass is 763 g/mol. The maximum atomic E-state index is 4.64. The van der Waals surface area contributed by atoms with E-state index in [-0.39, 0.29) is 30.9 Å². The van der Waals surface area contributed by atoms with Gasteiger partial charge in [-0.05, 0) is 61.6 Å². The molecule has 0 saturated carbocycles. The number of nitrogens with zero attached hydrogens (tertiary/aromatic N) is 2. The Kier molecular flexibility index (Phi) is 9.35. The molecule has 0 saturated heterocycles. The van der Waals surface area contributed by atoms with Crippen molar-refractivity contribution < 1.29 is 20.1 Å². The summed E-state index contributed by atoms with van der Waals surface area (Å²) in [6, 6.07) is 44.8. The molecule has 0 N–H and O–H groups in total. The minimum Gasteiger partial charge on any atom is -0.305 e. The maximum absolute atomic E-state index is 4.64. The quantitative estimate of drug-likeness (QED) is 0.129. The molecule has 0 amide bonds. The molecule has 7 rings (SSSR count). The molecule has 0 unspecified atom stereocenters. The Hall–Kier alpha value is -4.17. The van der Waals surface area contributed by atoms with Gasteiger partial charge in [-0.2, -0.15) is 0 Å². The summed E-state index contributed by atoms with van der Waals surface area (Å²) in [7, 11) is 0. The Balaban J connectivity index is 0.000000202. The molecule has 0 bridgehead atoms. The zero-order chi connectivity index (χ0) is 30.9. The molecule has 45 heavy (non-hydrogen) atoms. The zero-order valence-electron chi connectivity index (χ0n) is 26.8. The van der Waals surface area contributed by atoms with E-state index in [0.29, 0.717) is 0 Å². The molecule has 2 heterocycles. The average molecular weight is 763 g/mol. The molecular weight excluding hydrogens is 725 g/mol. The van der Waals surface area contributed by atoms with E-state index in [2.05, 4.69) is 149 Å². The third kappa shape index (κ3) is 6.91. The van der Waals surface area contributed by atoms with Gasteiger partial charge in [0.15, 0.2) is 0 Å². The Labute approximate surface area is 280 Å². The molecule has 0 aliphatic rings. The first-order chi connectivity index (χ1) is 21.1. The SMILES string of the molecule is CC(C)(C)c1ccnc(-c2[c-]cc3c4ccccc4c4ccccc4c3c2)c1.CC(C)(C)c1ccnc(-c2[c-]cccc2)c1.[Ir]. The number of benzene rings is 5. The third-order valence-electron chi connectivity index (χ3n) is 8.19. The van der Waals surface area contributed by atoms with Gasteiger partial charge in [-0.25, -0.2) is 0 Å². The Morgan fingerprint density at radius 1 is 0.467 bits per heavy atom. The summed E-state index contributed by atoms with van der Waals surface area (Å²) < 4.78 is 0. The average Bonchev–Trinajstić information content (AvgIpc) is 3.05. The summed E-state index contributed by atoms with van der Waals surface area (Å²) in [6.07, 6.45) is 3.78. The summed E-state index contributed by atoms with van der Waals surface area (Å²) in [4.78, 5) is 9.03. The van der Waals surface area contributed by atoms with Gasteiger partial charge in [0.1, 0.15) is 0 Å². The summed E-state index contributed by atoms with van der Waals surface area (Å²) in [5.41, 5.74) is 6.90. The number of hydrogen-bond acceptors (Lipinski definition) is 2. The van der Waals surface area contributed by atoms with E-state index in [4.69, 9.17) is 0 Å². The van der Waals surface area contributed by atoms with Gasteiger partial charge >= 0.3 is 0 Å². The molecular formula is C42H38IrN2-2. The second-order valence-corrected chi connectivity index (χ2v) is 13.4. The van der Waals surface area contributed by atoms with Crippen molar-refractivity contribution in [2.24, 2.45) is 0 Å². The predicted octanol–water partition coefficient (Wildman–Crippen LogP) is 11.1. The minimum atomic E-state index is 0. The smallest absolute Gasteiger partial charge is 0.0163 e. The molecule has 5 aromatic carbocycles. The second-order valence-electron chi connectivity index (χ2n) is 13.4. The van der Waals surface area contributed by atoms with Crippen molar-refractivity contribution in [3.63, 3.8) is 0 Å². The number of fused-ring (bicyclic) bond motifs is 6. The van der Waals surface area contributed by atoms with E-state index >= 15 is 0 Å². The molecule has 0 aliphatic carbocycles. The van der Waals surface area contributed by atoms with Crippen LogP contribution in [0.15, 0.2) is 122 Å². The van der Waals surface area contributed by atoms with E-state index in [9.17, 15) is 0 Å². The van der Waals surface area contributed by atoms with Crippen LogP contribution in [0.4, 0.5) is 0 Å². The normalized spacial score (nSPS) is 11.6. The maximum Gasteiger partial charge on any atom is 0.0163 e. The van der Waals surface area contributed by atoms with Gasteiger partial charge in [0.25, 0.3) is 0 Å². The van der Waals surface area contributed by atoms with Crippen LogP contribution < -0.4 is 0 Å². The molecule has 0 atom stereocenters. The van der Waals surface area contributed by atoms with Gasteiger partial charge in [-0.15, -0.1) is 59.7 Å². The van der Waals surface area contributed by atoms with Crippen molar-refractivity contribution >= 4 is 32.3 Å². The van der Waals surface area contributed by atoms with Crippen LogP contribution in [-0.2, 0) is 30.9 Å². The number of aromatic nitrogens is 2. The summed E-state index contributed by atoms with van der Waals surface area (Å²) in [5, 5.41) is 7.63. The van der Waals surface area contributed by atoms with Crippen molar-refractivity contribution in [1.82, 2.24) is 9.97 Å². The minimum absolute atomic E-state index is 0. The van der Waals surface area contributed by atoms with Crippen molar-refractivity contribution in [3.05, 3.63) is 145 Å². The van der Waals surface area contributed by atoms with Crippen molar-refractivity contribution in [2.45, 2.75) is 52.4 Å². The molecule has 2 nitrogen and oxygen atoms in total. The van der Waals surface area contributed by atoms with Crippen molar-refractivity contribution in [2.75, 3.05) is 0 Å². The second kappa shape index (κ2) is 13.1. The van der Waals surface area contributed by atoms with Gasteiger partial charge in [-0.1, -0.05) is 118 Å². The van der Waals surface area contributed by atoms with Gasteiger partial charge in [-0.3, -0.25) is 0 Å². The molecule has 2 aromatic heterocycles. The predicted molar refractivity (Wildman–Crippen MR) is 187 cm³/mol. The molecule has 1 radical (unpaired) electrons. The number of rotatable bonds is 2. The van der Waals surface area contributed by atoms with Crippen molar-refractivity contribution in [3.8, 4) is 22.5 Å². The van der Waals surface area contributed by atoms with Crippen molar-refractivity contribution in [1.29, 1.82) is 0 Å². The first-order valence-electron chi connectivity index (χ1n) is 15.2. The molecule has 3 heteroatoms. The fourth-order valence-electron chi connectivity index (χ4n) is 5.63. The van der Waals surface area contributed by atoms with Gasteiger partial charge < -0.3 is 9.97 Å². The topological polar surface area (TPSA) is 25.8 Å². The van der Waals surface area contributed by atoms with Crippen LogP contribution in [0.2, 0.25) is 0 Å². The van der Waals surface area contributed by atoms with E-state index in [1.165, 1.54) is 43.4 Å². The first-order valence-corrected chi connectivity index (χ1v) is 15.2. The van der Waals surface area contributed by atoms with Crippen LogP contribution in [0.3, 0.4) is 0 Å². The van der Waals surface area contributed by atoms with E-state index in [1.54, 1.807) is 0 Å². The van der Waals surface area contributed by atoms with Crippen LogP contribution in [0.1, 0.15) is 52.7 Å². The summed E-state index contributed by atoms with van der Waals surface area (Å²) in [5.74, 6) is 0. The molecule has 0 spiro atoms. The summed E-state index contributed by atoms with van der Waals surface area (Å²) >= 11 is 0. The van der Waals surface area contributed by atoms with Crippen LogP contribution >= 0.6 is 0 Å². The summed E-state index contributed by atoms with van der Waals surface area (Å²) in [6.45, 7) is 13.3. The number of hydrogen-bond donors (Lipinski definition) is 0. The fourth-order valence-corrected chi connectivity index (χ4v) is 5.63. The van der Waals surface area contributed by atoms with E-state index < -0.39 is 0 Å². The van der Waals surface area contributed by atoms with Crippen LogP contribution in [-0.4, -0.2) is 9.97 Å². The standard InChI is InChI=1S/C27H22N.C15H16N.Ir/c1-27(2,3)19-14-15-28-26(17-19)18-12-13-24-22-10-5-4-8-20(22)21-9-6-7-11-23(21)25(24)16-18;1-15(2,3)13-9-10-16-14(11-13)12-7-5-4-6-8-12;/h4-11,13-17H,1-3H3;4-7,9-11H,1-3H3;/q2*-1;. The van der Waals surface area contributed by atoms with E-state index in [0.717, 1.165) is 22.5 Å². The largest absolute Gasteiger partial charge is 0.305 e. The Morgan fingerprint density at radius 3 is 1.42 bits per heavy atom. The Bertz CT molecular complexity index is 2050. The molecule has 7 aromatic rings. The molecule has 0 aliphatic heterocycles. The van der Waals surface area contributed by atoms with E-state index in [1.807, 2.05) is 36.7 Å². The van der Waals surface area contributed by atoms with Crippen LogP contribution in [0.5, 0.6) is 0 Å².